The molecule has 1 amide bonds. The Kier molecular flexibility index (Phi) is 6.61. The lowest BCUT2D eigenvalue weighted by Crippen LogP contribution is -2.41. The predicted molar refractivity (Wildman–Crippen MR) is 112 cm³/mol. The summed E-state index contributed by atoms with van der Waals surface area (Å²) in [5.41, 5.74) is 3.76. The van der Waals surface area contributed by atoms with Gasteiger partial charge in [-0.3, -0.25) is 9.69 Å². The second kappa shape index (κ2) is 9.15. The number of β-amino-alcohol motifs (C(OH)–C–C–N with tert-alkyl or cyclic N) is 1. The van der Waals surface area contributed by atoms with E-state index >= 15 is 0 Å². The molecule has 7 heteroatoms. The number of aliphatic hydroxyl groups is 1. The van der Waals surface area contributed by atoms with Crippen molar-refractivity contribution in [1.82, 2.24) is 10.2 Å². The van der Waals surface area contributed by atoms with Crippen molar-refractivity contribution in [2.24, 2.45) is 0 Å². The van der Waals surface area contributed by atoms with E-state index in [1.807, 2.05) is 54.2 Å². The SMILES string of the molecule is COc1ccc(OC)c2c1CN(CC(=O)NCc1ccc(N(C)C)cc1)C[C@@H]2O. The molecule has 1 aliphatic heterocycles. The number of amides is 1. The van der Waals surface area contributed by atoms with Gasteiger partial charge >= 0.3 is 0 Å². The summed E-state index contributed by atoms with van der Waals surface area (Å²) in [4.78, 5) is 16.4. The van der Waals surface area contributed by atoms with Gasteiger partial charge in [-0.15, -0.1) is 0 Å². The maximum Gasteiger partial charge on any atom is 0.234 e. The zero-order valence-electron chi connectivity index (χ0n) is 17.4. The third-order valence-corrected chi connectivity index (χ3v) is 5.17. The topological polar surface area (TPSA) is 74.3 Å². The molecule has 0 saturated carbocycles. The largest absolute Gasteiger partial charge is 0.496 e. The summed E-state index contributed by atoms with van der Waals surface area (Å²) in [6.45, 7) is 1.54. The predicted octanol–water partition coefficient (Wildman–Crippen LogP) is 1.94. The van der Waals surface area contributed by atoms with Gasteiger partial charge in [0.15, 0.2) is 0 Å². The Morgan fingerprint density at radius 2 is 1.79 bits per heavy atom. The molecule has 0 saturated heterocycles. The molecule has 1 aliphatic rings. The van der Waals surface area contributed by atoms with Crippen molar-refractivity contribution in [3.05, 3.63) is 53.1 Å². The number of hydrogen-bond acceptors (Lipinski definition) is 6. The van der Waals surface area contributed by atoms with Crippen LogP contribution in [0, 0.1) is 0 Å². The molecule has 0 spiro atoms. The zero-order valence-corrected chi connectivity index (χ0v) is 17.4. The third kappa shape index (κ3) is 4.81. The molecule has 2 aromatic carbocycles. The van der Waals surface area contributed by atoms with E-state index in [1.54, 1.807) is 20.3 Å². The lowest BCUT2D eigenvalue weighted by molar-refractivity contribution is -0.123. The first-order valence-electron chi connectivity index (χ1n) is 9.60. The fourth-order valence-electron chi connectivity index (χ4n) is 3.64. The first kappa shape index (κ1) is 21.0. The minimum Gasteiger partial charge on any atom is -0.496 e. The van der Waals surface area contributed by atoms with Gasteiger partial charge in [-0.05, 0) is 29.8 Å². The number of fused-ring (bicyclic) bond motifs is 1. The van der Waals surface area contributed by atoms with Crippen LogP contribution in [0.3, 0.4) is 0 Å². The van der Waals surface area contributed by atoms with Crippen molar-refractivity contribution >= 4 is 11.6 Å². The number of nitrogens with one attached hydrogen (secondary N) is 1. The van der Waals surface area contributed by atoms with Crippen molar-refractivity contribution in [2.75, 3.05) is 46.3 Å². The molecule has 0 aromatic heterocycles. The van der Waals surface area contributed by atoms with Crippen molar-refractivity contribution in [3.63, 3.8) is 0 Å². The van der Waals surface area contributed by atoms with Crippen LogP contribution in [0.5, 0.6) is 11.5 Å². The molecule has 0 aliphatic carbocycles. The Labute approximate surface area is 171 Å². The molecular weight excluding hydrogens is 370 g/mol. The van der Waals surface area contributed by atoms with Gasteiger partial charge in [0.05, 0.1) is 26.9 Å². The molecule has 2 N–H and O–H groups in total. The molecule has 7 nitrogen and oxygen atoms in total. The van der Waals surface area contributed by atoms with Gasteiger partial charge in [0.25, 0.3) is 0 Å². The molecule has 1 atom stereocenters. The van der Waals surface area contributed by atoms with Gasteiger partial charge in [-0.25, -0.2) is 0 Å². The molecule has 29 heavy (non-hydrogen) atoms. The van der Waals surface area contributed by atoms with Crippen LogP contribution in [0.2, 0.25) is 0 Å². The summed E-state index contributed by atoms with van der Waals surface area (Å²) in [6, 6.07) is 11.7. The number of ether oxygens (including phenoxy) is 2. The Morgan fingerprint density at radius 1 is 1.14 bits per heavy atom. The van der Waals surface area contributed by atoms with Gasteiger partial charge in [0.1, 0.15) is 11.5 Å². The van der Waals surface area contributed by atoms with Crippen LogP contribution < -0.4 is 19.7 Å². The normalized spacial score (nSPS) is 16.1. The van der Waals surface area contributed by atoms with Crippen LogP contribution in [0.25, 0.3) is 0 Å². The minimum absolute atomic E-state index is 0.0841. The fraction of sp³-hybridized carbons (Fsp3) is 0.409. The number of nitrogens with zero attached hydrogens (tertiary/aromatic N) is 2. The van der Waals surface area contributed by atoms with Crippen molar-refractivity contribution in [3.8, 4) is 11.5 Å². The second-order valence-corrected chi connectivity index (χ2v) is 7.39. The molecule has 0 radical (unpaired) electrons. The number of rotatable bonds is 7. The number of anilines is 1. The highest BCUT2D eigenvalue weighted by atomic mass is 16.5. The van der Waals surface area contributed by atoms with Gasteiger partial charge in [0.2, 0.25) is 5.91 Å². The number of benzene rings is 2. The van der Waals surface area contributed by atoms with Gasteiger partial charge < -0.3 is 24.8 Å². The van der Waals surface area contributed by atoms with Crippen molar-refractivity contribution in [2.45, 2.75) is 19.2 Å². The number of hydrogen-bond donors (Lipinski definition) is 2. The summed E-state index contributed by atoms with van der Waals surface area (Å²) >= 11 is 0. The minimum atomic E-state index is -0.741. The maximum absolute atomic E-state index is 12.5. The van der Waals surface area contributed by atoms with Crippen LogP contribution >= 0.6 is 0 Å². The third-order valence-electron chi connectivity index (χ3n) is 5.17. The number of carbonyl (C=O) groups excluding carboxylic acids is 1. The van der Waals surface area contributed by atoms with Crippen molar-refractivity contribution in [1.29, 1.82) is 0 Å². The lowest BCUT2D eigenvalue weighted by atomic mass is 9.95. The molecular formula is C22H29N3O4. The summed E-state index contributed by atoms with van der Waals surface area (Å²) in [6.07, 6.45) is -0.741. The Bertz CT molecular complexity index is 852. The number of carbonyl (C=O) groups is 1. The fourth-order valence-corrected chi connectivity index (χ4v) is 3.64. The average molecular weight is 399 g/mol. The maximum atomic E-state index is 12.5. The van der Waals surface area contributed by atoms with Gasteiger partial charge in [-0.1, -0.05) is 12.1 Å². The van der Waals surface area contributed by atoms with Crippen LogP contribution in [0.4, 0.5) is 5.69 Å². The van der Waals surface area contributed by atoms with E-state index in [4.69, 9.17) is 9.47 Å². The van der Waals surface area contributed by atoms with Crippen LogP contribution in [-0.2, 0) is 17.9 Å². The number of methoxy groups -OCH3 is 2. The van der Waals surface area contributed by atoms with E-state index in [1.165, 1.54) is 0 Å². The van der Waals surface area contributed by atoms with Gasteiger partial charge in [-0.2, -0.15) is 0 Å². The van der Waals surface area contributed by atoms with E-state index in [0.29, 0.717) is 31.1 Å². The van der Waals surface area contributed by atoms with E-state index in [2.05, 4.69) is 5.32 Å². The highest BCUT2D eigenvalue weighted by molar-refractivity contribution is 5.78. The van der Waals surface area contributed by atoms with E-state index in [0.717, 1.165) is 22.4 Å². The Hall–Kier alpha value is -2.77. The summed E-state index contributed by atoms with van der Waals surface area (Å²) < 4.78 is 10.8. The molecule has 156 valence electrons. The summed E-state index contributed by atoms with van der Waals surface area (Å²) in [5.74, 6) is 1.24. The molecule has 0 fully saturated rings. The highest BCUT2D eigenvalue weighted by Crippen LogP contribution is 2.39. The first-order valence-corrected chi connectivity index (χ1v) is 9.60. The molecule has 1 heterocycles. The zero-order chi connectivity index (χ0) is 21.0. The van der Waals surface area contributed by atoms with Crippen molar-refractivity contribution < 1.29 is 19.4 Å². The summed E-state index contributed by atoms with van der Waals surface area (Å²) in [5, 5.41) is 13.6. The summed E-state index contributed by atoms with van der Waals surface area (Å²) in [7, 11) is 7.17. The van der Waals surface area contributed by atoms with Crippen LogP contribution in [0.15, 0.2) is 36.4 Å². The molecule has 2 aromatic rings. The number of aliphatic hydroxyl groups excluding tert-OH is 1. The van der Waals surface area contributed by atoms with E-state index in [9.17, 15) is 9.90 Å². The Balaban J connectivity index is 1.62. The molecule has 3 rings (SSSR count). The van der Waals surface area contributed by atoms with Crippen LogP contribution in [-0.4, -0.2) is 57.3 Å². The highest BCUT2D eigenvalue weighted by Gasteiger charge is 2.30. The standard InChI is InChI=1S/C22H29N3O4/c1-24(2)16-7-5-15(6-8-16)11-23-21(27)14-25-12-17-19(28-3)9-10-20(29-4)22(17)18(26)13-25/h5-10,18,26H,11-14H2,1-4H3,(H,23,27)/t18-/m0/s1. The molecule has 0 unspecified atom stereocenters. The monoisotopic (exact) mass is 399 g/mol. The first-order chi connectivity index (χ1) is 13.9. The quantitative estimate of drug-likeness (QED) is 0.741. The van der Waals surface area contributed by atoms with E-state index in [-0.39, 0.29) is 12.5 Å². The van der Waals surface area contributed by atoms with Gasteiger partial charge in [0, 0.05) is 50.5 Å². The average Bonchev–Trinajstić information content (AvgIpc) is 2.71. The van der Waals surface area contributed by atoms with E-state index < -0.39 is 6.10 Å². The smallest absolute Gasteiger partial charge is 0.234 e. The lowest BCUT2D eigenvalue weighted by Gasteiger charge is -2.33. The van der Waals surface area contributed by atoms with Crippen LogP contribution in [0.1, 0.15) is 22.8 Å². The second-order valence-electron chi connectivity index (χ2n) is 7.39. The molecule has 0 bridgehead atoms. The Morgan fingerprint density at radius 3 is 2.41 bits per heavy atom.